The second-order valence-corrected chi connectivity index (χ2v) is 6.69. The summed E-state index contributed by atoms with van der Waals surface area (Å²) >= 11 is 0. The number of hydrogen-bond acceptors (Lipinski definition) is 3. The van der Waals surface area contributed by atoms with Crippen molar-refractivity contribution in [3.8, 4) is 6.07 Å². The van der Waals surface area contributed by atoms with Gasteiger partial charge in [-0.2, -0.15) is 36.2 Å². The molecule has 0 radical (unpaired) electrons. The summed E-state index contributed by atoms with van der Waals surface area (Å²) in [6.45, 7) is -5.77. The van der Waals surface area contributed by atoms with Crippen molar-refractivity contribution in [3.63, 3.8) is 0 Å². The molecule has 14 heteroatoms. The number of carbonyl (C=O) groups excluding carboxylic acids is 1. The van der Waals surface area contributed by atoms with Crippen LogP contribution in [0.1, 0.15) is 27.0 Å². The van der Waals surface area contributed by atoms with E-state index in [-0.39, 0.29) is 30.5 Å². The minimum atomic E-state index is -5.95. The Morgan fingerprint density at radius 1 is 0.971 bits per heavy atom. The summed E-state index contributed by atoms with van der Waals surface area (Å²) in [5.41, 5.74) is -5.05. The molecule has 0 saturated heterocycles. The first-order valence-electron chi connectivity index (χ1n) is 9.06. The molecule has 0 aliphatic carbocycles. The fourth-order valence-electron chi connectivity index (χ4n) is 2.59. The van der Waals surface area contributed by atoms with Gasteiger partial charge in [0.2, 0.25) is 18.5 Å². The summed E-state index contributed by atoms with van der Waals surface area (Å²) in [4.78, 5) is 11.9. The Kier molecular flexibility index (Phi) is 7.81. The van der Waals surface area contributed by atoms with Gasteiger partial charge in [0.25, 0.3) is 0 Å². The molecule has 4 nitrogen and oxygen atoms in total. The zero-order valence-corrected chi connectivity index (χ0v) is 16.7. The maximum Gasteiger partial charge on any atom is 0.509 e. The standard InChI is InChI=1S/C12H9N2O2.C8H3BF9/c13-7-10-3-1-2-4-11(10)12(15)8-14-5-6-16-9-14;10-7(11,12)4-1-5(8(13,14)15)3-6(2-4)9(16,17)18/h1-6,9H,8H2;1-3H/q+1;-1. The predicted molar refractivity (Wildman–Crippen MR) is 99.5 cm³/mol. The molecule has 180 valence electrons. The van der Waals surface area contributed by atoms with E-state index in [0.717, 1.165) is 0 Å². The Morgan fingerprint density at radius 2 is 1.53 bits per heavy atom. The van der Waals surface area contributed by atoms with Crippen molar-refractivity contribution >= 4 is 18.2 Å². The van der Waals surface area contributed by atoms with Gasteiger partial charge in [0.05, 0.1) is 22.8 Å². The van der Waals surface area contributed by atoms with Crippen molar-refractivity contribution in [2.24, 2.45) is 0 Å². The molecule has 34 heavy (non-hydrogen) atoms. The zero-order chi connectivity index (χ0) is 25.7. The topological polar surface area (TPSA) is 57.9 Å². The SMILES string of the molecule is F[B-](F)(F)c1cc(C(F)(F)F)cc(C(F)(F)F)c1.N#Cc1ccccc1C(=O)C[n+]1ccoc1. The molecule has 1 heterocycles. The summed E-state index contributed by atoms with van der Waals surface area (Å²) in [5.74, 6) is -0.108. The van der Waals surface area contributed by atoms with Crippen LogP contribution < -0.4 is 10.0 Å². The monoisotopic (exact) mass is 494 g/mol. The third-order valence-corrected chi connectivity index (χ3v) is 4.19. The summed E-state index contributed by atoms with van der Waals surface area (Å²) in [6, 6.07) is 7.74. The van der Waals surface area contributed by atoms with Gasteiger partial charge in [-0.3, -0.25) is 4.79 Å². The van der Waals surface area contributed by atoms with Gasteiger partial charge in [-0.25, -0.2) is 0 Å². The maximum atomic E-state index is 12.3. The summed E-state index contributed by atoms with van der Waals surface area (Å²) in [7, 11) is 0. The third-order valence-electron chi connectivity index (χ3n) is 4.19. The van der Waals surface area contributed by atoms with E-state index in [1.165, 1.54) is 12.7 Å². The van der Waals surface area contributed by atoms with Crippen molar-refractivity contribution in [3.05, 3.63) is 83.6 Å². The van der Waals surface area contributed by atoms with Crippen LogP contribution in [0.15, 0.2) is 65.7 Å². The molecule has 3 aromatic rings. The summed E-state index contributed by atoms with van der Waals surface area (Å²) < 4.78 is 116. The molecule has 3 rings (SSSR count). The van der Waals surface area contributed by atoms with E-state index in [1.54, 1.807) is 35.0 Å². The van der Waals surface area contributed by atoms with Crippen LogP contribution in [0.2, 0.25) is 0 Å². The number of nitriles is 1. The molecule has 0 fully saturated rings. The molecule has 0 saturated carbocycles. The molecule has 0 unspecified atom stereocenters. The molecule has 0 N–H and O–H groups in total. The average Bonchev–Trinajstić information content (AvgIpc) is 3.25. The lowest BCUT2D eigenvalue weighted by Crippen LogP contribution is -2.36. The number of carbonyl (C=O) groups is 1. The number of ketones is 1. The van der Waals surface area contributed by atoms with Crippen molar-refractivity contribution in [1.82, 2.24) is 0 Å². The van der Waals surface area contributed by atoms with Crippen LogP contribution in [0.25, 0.3) is 0 Å². The second kappa shape index (κ2) is 10.0. The number of alkyl halides is 6. The van der Waals surface area contributed by atoms with Crippen LogP contribution in [-0.4, -0.2) is 12.8 Å². The number of benzene rings is 2. The Morgan fingerprint density at radius 3 is 1.97 bits per heavy atom. The Labute approximate surface area is 185 Å². The van der Waals surface area contributed by atoms with E-state index in [9.17, 15) is 44.1 Å². The molecular weight excluding hydrogens is 482 g/mol. The number of nitrogens with zero attached hydrogens (tertiary/aromatic N) is 2. The lowest BCUT2D eigenvalue weighted by Gasteiger charge is -2.19. The molecule has 0 aliphatic heterocycles. The molecule has 2 aromatic carbocycles. The van der Waals surface area contributed by atoms with Gasteiger partial charge in [0.1, 0.15) is 0 Å². The smallest absolute Gasteiger partial charge is 0.445 e. The summed E-state index contributed by atoms with van der Waals surface area (Å²) in [5, 5.41) is 8.87. The normalized spacial score (nSPS) is 11.9. The number of hydrogen-bond donors (Lipinski definition) is 0. The van der Waals surface area contributed by atoms with Crippen LogP contribution in [0, 0.1) is 11.3 Å². The molecule has 0 spiro atoms. The predicted octanol–water partition coefficient (Wildman–Crippen LogP) is 5.10. The largest absolute Gasteiger partial charge is 0.509 e. The number of Topliss-reactive ketones (excluding diaryl/α,β-unsaturated/α-hetero) is 1. The molecule has 0 aliphatic rings. The second-order valence-electron chi connectivity index (χ2n) is 6.69. The fourth-order valence-corrected chi connectivity index (χ4v) is 2.59. The van der Waals surface area contributed by atoms with Crippen LogP contribution in [-0.2, 0) is 18.9 Å². The zero-order valence-electron chi connectivity index (χ0n) is 16.7. The highest BCUT2D eigenvalue weighted by atomic mass is 19.4. The van der Waals surface area contributed by atoms with E-state index in [4.69, 9.17) is 9.68 Å². The van der Waals surface area contributed by atoms with Crippen molar-refractivity contribution < 1.29 is 53.1 Å². The van der Waals surface area contributed by atoms with E-state index >= 15 is 0 Å². The van der Waals surface area contributed by atoms with E-state index in [0.29, 0.717) is 11.1 Å². The van der Waals surface area contributed by atoms with E-state index in [2.05, 4.69) is 0 Å². The first-order valence-corrected chi connectivity index (χ1v) is 9.06. The third kappa shape index (κ3) is 7.13. The van der Waals surface area contributed by atoms with E-state index < -0.39 is 35.9 Å². The Balaban J connectivity index is 0.000000241. The Bertz CT molecular complexity index is 1100. The molecular formula is C20H12BF9N2O2. The Hall–Kier alpha value is -3.76. The minimum absolute atomic E-state index is 0.108. The highest BCUT2D eigenvalue weighted by Crippen LogP contribution is 2.35. The number of rotatable bonds is 4. The fraction of sp³-hybridized carbons (Fsp3) is 0.150. The van der Waals surface area contributed by atoms with Gasteiger partial charge in [-0.15, -0.1) is 5.46 Å². The van der Waals surface area contributed by atoms with Crippen molar-refractivity contribution in [2.45, 2.75) is 18.9 Å². The first-order chi connectivity index (χ1) is 15.6. The van der Waals surface area contributed by atoms with Gasteiger partial charge >= 0.3 is 25.7 Å². The summed E-state index contributed by atoms with van der Waals surface area (Å²) in [6.07, 6.45) is -5.96. The molecule has 0 atom stereocenters. The quantitative estimate of drug-likeness (QED) is 0.220. The van der Waals surface area contributed by atoms with Crippen molar-refractivity contribution in [1.29, 1.82) is 5.26 Å². The van der Waals surface area contributed by atoms with Gasteiger partial charge < -0.3 is 17.4 Å². The van der Waals surface area contributed by atoms with Gasteiger partial charge in [0, 0.05) is 5.56 Å². The van der Waals surface area contributed by atoms with Crippen molar-refractivity contribution in [2.75, 3.05) is 0 Å². The highest BCUT2D eigenvalue weighted by Gasteiger charge is 2.39. The highest BCUT2D eigenvalue weighted by molar-refractivity contribution is 6.73. The van der Waals surface area contributed by atoms with Gasteiger partial charge in [-0.05, 0) is 18.2 Å². The van der Waals surface area contributed by atoms with Crippen LogP contribution in [0.5, 0.6) is 0 Å². The van der Waals surface area contributed by atoms with Gasteiger partial charge in [0.15, 0.2) is 6.26 Å². The lowest BCUT2D eigenvalue weighted by molar-refractivity contribution is -0.686. The van der Waals surface area contributed by atoms with Crippen LogP contribution >= 0.6 is 0 Å². The van der Waals surface area contributed by atoms with Gasteiger partial charge in [-0.1, -0.05) is 24.3 Å². The minimum Gasteiger partial charge on any atom is -0.445 e. The lowest BCUT2D eigenvalue weighted by atomic mass is 9.78. The van der Waals surface area contributed by atoms with Crippen LogP contribution in [0.4, 0.5) is 39.3 Å². The molecule has 0 amide bonds. The molecule has 0 bridgehead atoms. The number of aromatic nitrogens is 1. The van der Waals surface area contributed by atoms with E-state index in [1.807, 2.05) is 6.07 Å². The molecule has 1 aromatic heterocycles. The first kappa shape index (κ1) is 26.5. The maximum absolute atomic E-state index is 12.3. The number of oxazole rings is 1. The average molecular weight is 494 g/mol. The number of halogens is 9. The van der Waals surface area contributed by atoms with Crippen LogP contribution in [0.3, 0.4) is 0 Å².